The molecule has 0 aliphatic carbocycles. The molecule has 0 radical (unpaired) electrons. The average Bonchev–Trinajstić information content (AvgIpc) is 3.04. The maximum absolute atomic E-state index is 13.3. The topological polar surface area (TPSA) is 71.5 Å². The highest BCUT2D eigenvalue weighted by molar-refractivity contribution is 6.36. The number of imide groups is 1. The Morgan fingerprint density at radius 1 is 0.871 bits per heavy atom. The van der Waals surface area contributed by atoms with Crippen molar-refractivity contribution in [2.24, 2.45) is 0 Å². The molecule has 0 bridgehead atoms. The van der Waals surface area contributed by atoms with Gasteiger partial charge < -0.3 is 10.1 Å². The van der Waals surface area contributed by atoms with E-state index in [9.17, 15) is 9.59 Å². The average molecular weight is 413 g/mol. The van der Waals surface area contributed by atoms with E-state index in [1.54, 1.807) is 55.9 Å². The number of carbonyl (C=O) groups excluding carboxylic acids is 2. The number of hydrogen-bond acceptors (Lipinski definition) is 5. The van der Waals surface area contributed by atoms with E-state index in [1.807, 2.05) is 24.3 Å². The number of ether oxygens (including phenoxy) is 1. The van der Waals surface area contributed by atoms with Crippen LogP contribution in [0.25, 0.3) is 5.57 Å². The Morgan fingerprint density at radius 3 is 2.16 bits per heavy atom. The predicted molar refractivity (Wildman–Crippen MR) is 119 cm³/mol. The van der Waals surface area contributed by atoms with Gasteiger partial charge in [-0.25, -0.2) is 0 Å². The van der Waals surface area contributed by atoms with Crippen LogP contribution in [0.4, 0.5) is 5.69 Å². The predicted octanol–water partition coefficient (Wildman–Crippen LogP) is 4.04. The first kappa shape index (κ1) is 20.3. The fraction of sp³-hybridized carbons (Fsp3) is 0.160. The number of aryl methyl sites for hydroxylation is 1. The summed E-state index contributed by atoms with van der Waals surface area (Å²) in [4.78, 5) is 31.9. The van der Waals surface area contributed by atoms with Crippen LogP contribution in [-0.4, -0.2) is 28.8 Å². The van der Waals surface area contributed by atoms with Crippen molar-refractivity contribution in [1.29, 1.82) is 0 Å². The minimum absolute atomic E-state index is 0.180. The van der Waals surface area contributed by atoms with Crippen molar-refractivity contribution in [3.63, 3.8) is 0 Å². The molecule has 156 valence electrons. The number of hydrogen-bond donors (Lipinski definition) is 1. The second-order valence-electron chi connectivity index (χ2n) is 7.21. The first-order valence-electron chi connectivity index (χ1n) is 10.1. The minimum atomic E-state index is -0.354. The molecule has 0 atom stereocenters. The molecule has 1 aliphatic heterocycles. The smallest absolute Gasteiger partial charge is 0.278 e. The van der Waals surface area contributed by atoms with Crippen LogP contribution in [0.2, 0.25) is 0 Å². The van der Waals surface area contributed by atoms with Gasteiger partial charge in [-0.1, -0.05) is 31.2 Å². The number of amides is 2. The summed E-state index contributed by atoms with van der Waals surface area (Å²) in [6.45, 7) is 2.27. The van der Waals surface area contributed by atoms with Crippen molar-refractivity contribution in [2.45, 2.75) is 19.9 Å². The monoisotopic (exact) mass is 413 g/mol. The van der Waals surface area contributed by atoms with Crippen LogP contribution in [0.3, 0.4) is 0 Å². The number of rotatable bonds is 7. The summed E-state index contributed by atoms with van der Waals surface area (Å²) in [6.07, 6.45) is 4.22. The van der Waals surface area contributed by atoms with Crippen LogP contribution < -0.4 is 10.1 Å². The van der Waals surface area contributed by atoms with E-state index in [1.165, 1.54) is 10.5 Å². The molecule has 6 nitrogen and oxygen atoms in total. The Balaban J connectivity index is 1.72. The Kier molecular flexibility index (Phi) is 5.80. The number of methoxy groups -OCH3 is 1. The van der Waals surface area contributed by atoms with E-state index < -0.39 is 0 Å². The van der Waals surface area contributed by atoms with Gasteiger partial charge in [0.2, 0.25) is 0 Å². The van der Waals surface area contributed by atoms with Crippen molar-refractivity contribution in [1.82, 2.24) is 9.88 Å². The maximum Gasteiger partial charge on any atom is 0.278 e. The lowest BCUT2D eigenvalue weighted by Crippen LogP contribution is -2.32. The first-order valence-corrected chi connectivity index (χ1v) is 10.1. The standard InChI is InChI=1S/C25H23N3O3/c1-3-17-4-8-20(9-5-17)27-23-22(19-6-10-21(31-2)11-7-19)24(29)28(25(23)30)16-18-12-14-26-15-13-18/h4-15,27H,3,16H2,1-2H3. The molecular formula is C25H23N3O3. The van der Waals surface area contributed by atoms with Gasteiger partial charge in [0.1, 0.15) is 11.4 Å². The van der Waals surface area contributed by atoms with Gasteiger partial charge in [-0.3, -0.25) is 19.5 Å². The van der Waals surface area contributed by atoms with E-state index in [4.69, 9.17) is 4.74 Å². The van der Waals surface area contributed by atoms with Crippen molar-refractivity contribution >= 4 is 23.1 Å². The maximum atomic E-state index is 13.3. The fourth-order valence-corrected chi connectivity index (χ4v) is 3.50. The van der Waals surface area contributed by atoms with Crippen LogP contribution in [0.15, 0.2) is 78.8 Å². The quantitative estimate of drug-likeness (QED) is 0.592. The zero-order chi connectivity index (χ0) is 21.8. The van der Waals surface area contributed by atoms with E-state index in [2.05, 4.69) is 17.2 Å². The zero-order valence-corrected chi connectivity index (χ0v) is 17.5. The van der Waals surface area contributed by atoms with Gasteiger partial charge in [0.05, 0.1) is 19.2 Å². The third kappa shape index (κ3) is 4.19. The lowest BCUT2D eigenvalue weighted by Gasteiger charge is -2.15. The second kappa shape index (κ2) is 8.83. The molecule has 2 amide bonds. The number of anilines is 1. The lowest BCUT2D eigenvalue weighted by atomic mass is 10.0. The molecule has 31 heavy (non-hydrogen) atoms. The first-order chi connectivity index (χ1) is 15.1. The zero-order valence-electron chi connectivity index (χ0n) is 17.5. The van der Waals surface area contributed by atoms with Gasteiger partial charge in [-0.05, 0) is 59.5 Å². The number of pyridine rings is 1. The van der Waals surface area contributed by atoms with Crippen molar-refractivity contribution < 1.29 is 14.3 Å². The Labute approximate surface area is 181 Å². The Morgan fingerprint density at radius 2 is 1.55 bits per heavy atom. The molecule has 2 aromatic carbocycles. The second-order valence-corrected chi connectivity index (χ2v) is 7.21. The normalized spacial score (nSPS) is 13.7. The molecule has 0 saturated carbocycles. The van der Waals surface area contributed by atoms with Crippen LogP contribution in [0.1, 0.15) is 23.6 Å². The van der Waals surface area contributed by atoms with Crippen molar-refractivity contribution in [2.75, 3.05) is 12.4 Å². The van der Waals surface area contributed by atoms with Crippen LogP contribution in [0, 0.1) is 0 Å². The summed E-state index contributed by atoms with van der Waals surface area (Å²) < 4.78 is 5.22. The SMILES string of the molecule is CCc1ccc(NC2=C(c3ccc(OC)cc3)C(=O)N(Cc3ccncc3)C2=O)cc1. The number of aromatic nitrogens is 1. The molecule has 0 fully saturated rings. The van der Waals surface area contributed by atoms with Gasteiger partial charge in [0.15, 0.2) is 0 Å². The minimum Gasteiger partial charge on any atom is -0.497 e. The third-order valence-electron chi connectivity index (χ3n) is 5.27. The molecule has 1 N–H and O–H groups in total. The van der Waals surface area contributed by atoms with Crippen molar-refractivity contribution in [3.05, 3.63) is 95.4 Å². The molecular weight excluding hydrogens is 390 g/mol. The molecule has 6 heteroatoms. The summed E-state index contributed by atoms with van der Waals surface area (Å²) in [7, 11) is 1.59. The van der Waals surface area contributed by atoms with E-state index in [-0.39, 0.29) is 24.1 Å². The van der Waals surface area contributed by atoms with Crippen LogP contribution >= 0.6 is 0 Å². The summed E-state index contributed by atoms with van der Waals surface area (Å²) in [5.41, 5.74) is 4.06. The van der Waals surface area contributed by atoms with Crippen LogP contribution in [0.5, 0.6) is 5.75 Å². The highest BCUT2D eigenvalue weighted by atomic mass is 16.5. The third-order valence-corrected chi connectivity index (χ3v) is 5.27. The molecule has 0 spiro atoms. The lowest BCUT2D eigenvalue weighted by molar-refractivity contribution is -0.137. The molecule has 0 unspecified atom stereocenters. The summed E-state index contributed by atoms with van der Waals surface area (Å²) in [6, 6.07) is 18.6. The molecule has 0 saturated heterocycles. The summed E-state index contributed by atoms with van der Waals surface area (Å²) >= 11 is 0. The molecule has 3 aromatic rings. The molecule has 1 aromatic heterocycles. The highest BCUT2D eigenvalue weighted by Gasteiger charge is 2.39. The Hall–Kier alpha value is -3.93. The largest absolute Gasteiger partial charge is 0.497 e. The van der Waals surface area contributed by atoms with Crippen LogP contribution in [-0.2, 0) is 22.6 Å². The summed E-state index contributed by atoms with van der Waals surface area (Å²) in [5.74, 6) is -0.00807. The summed E-state index contributed by atoms with van der Waals surface area (Å²) in [5, 5.41) is 3.19. The Bertz CT molecular complexity index is 1120. The van der Waals surface area contributed by atoms with Gasteiger partial charge in [0.25, 0.3) is 11.8 Å². The number of benzene rings is 2. The van der Waals surface area contributed by atoms with Gasteiger partial charge in [-0.2, -0.15) is 0 Å². The number of carbonyl (C=O) groups is 2. The molecule has 4 rings (SSSR count). The molecule has 2 heterocycles. The van der Waals surface area contributed by atoms with E-state index in [0.717, 1.165) is 17.7 Å². The van der Waals surface area contributed by atoms with E-state index in [0.29, 0.717) is 16.9 Å². The van der Waals surface area contributed by atoms with Crippen molar-refractivity contribution in [3.8, 4) is 5.75 Å². The number of nitrogens with zero attached hydrogens (tertiary/aromatic N) is 2. The highest BCUT2D eigenvalue weighted by Crippen LogP contribution is 2.32. The molecule has 1 aliphatic rings. The fourth-order valence-electron chi connectivity index (χ4n) is 3.50. The van der Waals surface area contributed by atoms with E-state index >= 15 is 0 Å². The van der Waals surface area contributed by atoms with Gasteiger partial charge >= 0.3 is 0 Å². The van der Waals surface area contributed by atoms with Gasteiger partial charge in [-0.15, -0.1) is 0 Å². The van der Waals surface area contributed by atoms with Gasteiger partial charge in [0, 0.05) is 18.1 Å². The number of nitrogens with one attached hydrogen (secondary N) is 1.